The molecule has 0 spiro atoms. The molecule has 1 saturated heterocycles. The van der Waals surface area contributed by atoms with Crippen LogP contribution in [0.4, 0.5) is 0 Å². The van der Waals surface area contributed by atoms with Crippen molar-refractivity contribution in [3.63, 3.8) is 0 Å². The highest BCUT2D eigenvalue weighted by atomic mass is 16.5. The molecule has 23 heavy (non-hydrogen) atoms. The van der Waals surface area contributed by atoms with Crippen LogP contribution in [-0.4, -0.2) is 61.4 Å². The van der Waals surface area contributed by atoms with Gasteiger partial charge < -0.3 is 15.2 Å². The summed E-state index contributed by atoms with van der Waals surface area (Å²) in [5.74, 6) is -0.150. The second kappa shape index (κ2) is 7.55. The van der Waals surface area contributed by atoms with Crippen LogP contribution in [0.2, 0.25) is 0 Å². The van der Waals surface area contributed by atoms with E-state index in [9.17, 15) is 9.90 Å². The van der Waals surface area contributed by atoms with Crippen molar-refractivity contribution in [2.24, 2.45) is 0 Å². The number of rotatable bonds is 5. The maximum absolute atomic E-state index is 12.4. The average molecular weight is 314 g/mol. The van der Waals surface area contributed by atoms with Gasteiger partial charge in [-0.15, -0.1) is 0 Å². The fraction of sp³-hybridized carbons (Fsp3) is 0.389. The molecule has 0 aromatic heterocycles. The number of ether oxygens (including phenoxy) is 1. The fourth-order valence-electron chi connectivity index (χ4n) is 2.88. The Balaban J connectivity index is 1.58. The van der Waals surface area contributed by atoms with Gasteiger partial charge in [0.25, 0.3) is 5.91 Å². The highest BCUT2D eigenvalue weighted by Crippen LogP contribution is 2.18. The zero-order valence-electron chi connectivity index (χ0n) is 13.1. The number of fused-ring (bicyclic) bond motifs is 1. The third kappa shape index (κ3) is 4.07. The third-order valence-electron chi connectivity index (χ3n) is 4.11. The van der Waals surface area contributed by atoms with Crippen LogP contribution in [0.3, 0.4) is 0 Å². The molecule has 5 nitrogen and oxygen atoms in total. The molecule has 1 heterocycles. The minimum atomic E-state index is -0.577. The predicted molar refractivity (Wildman–Crippen MR) is 89.5 cm³/mol. The maximum Gasteiger partial charge on any atom is 0.252 e. The summed E-state index contributed by atoms with van der Waals surface area (Å²) in [5.41, 5.74) is 0.640. The molecule has 122 valence electrons. The van der Waals surface area contributed by atoms with E-state index in [1.807, 2.05) is 42.5 Å². The normalized spacial score (nSPS) is 17.1. The Morgan fingerprint density at radius 3 is 2.74 bits per heavy atom. The van der Waals surface area contributed by atoms with E-state index in [-0.39, 0.29) is 12.5 Å². The number of β-amino-alcohol motifs (C(OH)–C–C–N with tert-alkyl or cyclic N) is 1. The second-order valence-corrected chi connectivity index (χ2v) is 5.80. The molecule has 2 aromatic rings. The molecule has 2 aromatic carbocycles. The Kier molecular flexibility index (Phi) is 5.23. The lowest BCUT2D eigenvalue weighted by Crippen LogP contribution is -2.44. The summed E-state index contributed by atoms with van der Waals surface area (Å²) in [6.45, 7) is 3.87. The lowest BCUT2D eigenvalue weighted by molar-refractivity contribution is 0.0149. The van der Waals surface area contributed by atoms with E-state index in [4.69, 9.17) is 4.74 Å². The lowest BCUT2D eigenvalue weighted by atomic mass is 10.0. The Bertz CT molecular complexity index is 663. The van der Waals surface area contributed by atoms with E-state index in [0.717, 1.165) is 23.9 Å². The maximum atomic E-state index is 12.4. The number of hydrogen-bond acceptors (Lipinski definition) is 4. The quantitative estimate of drug-likeness (QED) is 0.872. The number of hydrogen-bond donors (Lipinski definition) is 2. The zero-order valence-corrected chi connectivity index (χ0v) is 13.1. The predicted octanol–water partition coefficient (Wildman–Crippen LogP) is 1.26. The molecule has 1 amide bonds. The smallest absolute Gasteiger partial charge is 0.252 e. The van der Waals surface area contributed by atoms with Crippen LogP contribution in [0, 0.1) is 0 Å². The van der Waals surface area contributed by atoms with Crippen molar-refractivity contribution in [3.05, 3.63) is 48.0 Å². The van der Waals surface area contributed by atoms with Gasteiger partial charge in [0.2, 0.25) is 0 Å². The number of nitrogens with one attached hydrogen (secondary N) is 1. The van der Waals surface area contributed by atoms with Gasteiger partial charge in [0.05, 0.1) is 19.3 Å². The first-order valence-electron chi connectivity index (χ1n) is 7.98. The molecule has 2 N–H and O–H groups in total. The molecule has 1 atom stereocenters. The van der Waals surface area contributed by atoms with Gasteiger partial charge in [-0.25, -0.2) is 0 Å². The highest BCUT2D eigenvalue weighted by Gasteiger charge is 2.16. The van der Waals surface area contributed by atoms with Crippen LogP contribution < -0.4 is 5.32 Å². The molecule has 1 unspecified atom stereocenters. The number of aliphatic hydroxyl groups is 1. The summed E-state index contributed by atoms with van der Waals surface area (Å²) in [7, 11) is 0. The minimum absolute atomic E-state index is 0.150. The van der Waals surface area contributed by atoms with Crippen molar-refractivity contribution in [3.8, 4) is 0 Å². The van der Waals surface area contributed by atoms with Crippen molar-refractivity contribution in [2.45, 2.75) is 6.10 Å². The first-order valence-corrected chi connectivity index (χ1v) is 7.98. The Labute approximate surface area is 135 Å². The number of benzene rings is 2. The van der Waals surface area contributed by atoms with Gasteiger partial charge in [-0.2, -0.15) is 0 Å². The number of aliphatic hydroxyl groups excluding tert-OH is 1. The second-order valence-electron chi connectivity index (χ2n) is 5.80. The van der Waals surface area contributed by atoms with Gasteiger partial charge >= 0.3 is 0 Å². The molecule has 1 aliphatic heterocycles. The number of amides is 1. The highest BCUT2D eigenvalue weighted by molar-refractivity contribution is 6.06. The monoisotopic (exact) mass is 314 g/mol. The Morgan fingerprint density at radius 1 is 1.17 bits per heavy atom. The SMILES string of the molecule is O=C(NCC(O)CN1CCOCC1)c1cccc2ccccc12. The number of morpholine rings is 1. The van der Waals surface area contributed by atoms with Crippen molar-refractivity contribution in [2.75, 3.05) is 39.4 Å². The van der Waals surface area contributed by atoms with Gasteiger partial charge in [0.15, 0.2) is 0 Å². The van der Waals surface area contributed by atoms with Crippen molar-refractivity contribution in [1.82, 2.24) is 10.2 Å². The van der Waals surface area contributed by atoms with Crippen molar-refractivity contribution < 1.29 is 14.6 Å². The molecule has 0 radical (unpaired) electrons. The van der Waals surface area contributed by atoms with Crippen molar-refractivity contribution in [1.29, 1.82) is 0 Å². The third-order valence-corrected chi connectivity index (χ3v) is 4.11. The molecule has 3 rings (SSSR count). The number of carbonyl (C=O) groups excluding carboxylic acids is 1. The van der Waals surface area contributed by atoms with Crippen LogP contribution in [0.25, 0.3) is 10.8 Å². The molecule has 1 fully saturated rings. The summed E-state index contributed by atoms with van der Waals surface area (Å²) in [6.07, 6.45) is -0.577. The van der Waals surface area contributed by atoms with Crippen LogP contribution >= 0.6 is 0 Å². The molecule has 0 saturated carbocycles. The topological polar surface area (TPSA) is 61.8 Å². The van der Waals surface area contributed by atoms with Gasteiger partial charge in [-0.3, -0.25) is 9.69 Å². The van der Waals surface area contributed by atoms with Gasteiger partial charge in [-0.05, 0) is 16.8 Å². The fourth-order valence-corrected chi connectivity index (χ4v) is 2.88. The Hall–Kier alpha value is -1.95. The molecule has 0 bridgehead atoms. The minimum Gasteiger partial charge on any atom is -0.390 e. The van der Waals surface area contributed by atoms with Crippen LogP contribution in [-0.2, 0) is 4.74 Å². The van der Waals surface area contributed by atoms with Crippen LogP contribution in [0.5, 0.6) is 0 Å². The van der Waals surface area contributed by atoms with E-state index in [1.165, 1.54) is 0 Å². The summed E-state index contributed by atoms with van der Waals surface area (Å²) < 4.78 is 5.29. The van der Waals surface area contributed by atoms with E-state index in [0.29, 0.717) is 25.3 Å². The van der Waals surface area contributed by atoms with Crippen LogP contribution in [0.1, 0.15) is 10.4 Å². The van der Waals surface area contributed by atoms with Crippen molar-refractivity contribution >= 4 is 16.7 Å². The molecular formula is C18H22N2O3. The zero-order chi connectivity index (χ0) is 16.1. The molecule has 1 aliphatic rings. The van der Waals surface area contributed by atoms with Gasteiger partial charge in [0, 0.05) is 31.7 Å². The molecule has 0 aliphatic carbocycles. The molecular weight excluding hydrogens is 292 g/mol. The molecule has 5 heteroatoms. The van der Waals surface area contributed by atoms with Gasteiger partial charge in [0.1, 0.15) is 0 Å². The van der Waals surface area contributed by atoms with Crippen LogP contribution in [0.15, 0.2) is 42.5 Å². The number of carbonyl (C=O) groups is 1. The summed E-state index contributed by atoms with van der Waals surface area (Å²) >= 11 is 0. The van der Waals surface area contributed by atoms with Gasteiger partial charge in [-0.1, -0.05) is 36.4 Å². The standard InChI is InChI=1S/C18H22N2O3/c21-15(13-20-8-10-23-11-9-20)12-19-18(22)17-7-3-5-14-4-1-2-6-16(14)17/h1-7,15,21H,8-13H2,(H,19,22). The van der Waals surface area contributed by atoms with E-state index >= 15 is 0 Å². The number of nitrogens with zero attached hydrogens (tertiary/aromatic N) is 1. The Morgan fingerprint density at radius 2 is 1.91 bits per heavy atom. The van der Waals surface area contributed by atoms with E-state index in [2.05, 4.69) is 10.2 Å². The lowest BCUT2D eigenvalue weighted by Gasteiger charge is -2.28. The summed E-state index contributed by atoms with van der Waals surface area (Å²) in [4.78, 5) is 14.6. The van der Waals surface area contributed by atoms with E-state index < -0.39 is 6.10 Å². The van der Waals surface area contributed by atoms with E-state index in [1.54, 1.807) is 0 Å². The first-order chi connectivity index (χ1) is 11.2. The average Bonchev–Trinajstić information content (AvgIpc) is 2.60. The largest absolute Gasteiger partial charge is 0.390 e. The first kappa shape index (κ1) is 15.9. The summed E-state index contributed by atoms with van der Waals surface area (Å²) in [6, 6.07) is 13.5. The summed E-state index contributed by atoms with van der Waals surface area (Å²) in [5, 5.41) is 14.9.